The van der Waals surface area contributed by atoms with Crippen LogP contribution in [0.25, 0.3) is 0 Å². The average Bonchev–Trinajstić information content (AvgIpc) is 2.50. The summed E-state index contributed by atoms with van der Waals surface area (Å²) in [5, 5.41) is 6.29. The van der Waals surface area contributed by atoms with E-state index in [1.807, 2.05) is 7.05 Å². The first-order chi connectivity index (χ1) is 9.72. The molecule has 4 heteroatoms. The van der Waals surface area contributed by atoms with Crippen LogP contribution in [0.4, 0.5) is 5.69 Å². The molecule has 0 unspecified atom stereocenters. The Labute approximate surface area is 122 Å². The molecule has 110 valence electrons. The third-order valence-electron chi connectivity index (χ3n) is 4.01. The predicted molar refractivity (Wildman–Crippen MR) is 86.3 cm³/mol. The zero-order valence-electron chi connectivity index (χ0n) is 12.8. The van der Waals surface area contributed by atoms with E-state index in [0.29, 0.717) is 0 Å². The van der Waals surface area contributed by atoms with Crippen molar-refractivity contribution < 1.29 is 0 Å². The maximum Gasteiger partial charge on any atom is 0.190 e. The standard InChI is InChI=1S/C16H26N4/c1-13-8-10-20(11-9-13)15-6-4-14(5-7-15)12-19-16(17-2)18-3/h4-7,13H,8-12H2,1-3H3,(H2,17,18,19). The van der Waals surface area contributed by atoms with Gasteiger partial charge in [0.05, 0.1) is 0 Å². The Morgan fingerprint density at radius 3 is 2.45 bits per heavy atom. The van der Waals surface area contributed by atoms with E-state index in [1.54, 1.807) is 7.05 Å². The minimum Gasteiger partial charge on any atom is -0.372 e. The second kappa shape index (κ2) is 7.17. The van der Waals surface area contributed by atoms with Gasteiger partial charge in [-0.2, -0.15) is 0 Å². The summed E-state index contributed by atoms with van der Waals surface area (Å²) < 4.78 is 0. The molecule has 0 amide bonds. The van der Waals surface area contributed by atoms with Crippen molar-refractivity contribution in [3.05, 3.63) is 29.8 Å². The number of piperidine rings is 1. The van der Waals surface area contributed by atoms with Crippen molar-refractivity contribution in [3.8, 4) is 0 Å². The molecule has 1 aromatic rings. The second-order valence-corrected chi connectivity index (χ2v) is 5.51. The summed E-state index contributed by atoms with van der Waals surface area (Å²) in [7, 11) is 3.65. The molecule has 0 spiro atoms. The number of benzene rings is 1. The van der Waals surface area contributed by atoms with Crippen LogP contribution in [0.15, 0.2) is 29.3 Å². The molecule has 1 aliphatic heterocycles. The average molecular weight is 274 g/mol. The van der Waals surface area contributed by atoms with E-state index in [0.717, 1.165) is 18.4 Å². The van der Waals surface area contributed by atoms with Gasteiger partial charge in [0, 0.05) is 39.4 Å². The molecule has 0 aromatic heterocycles. The van der Waals surface area contributed by atoms with Gasteiger partial charge in [0.25, 0.3) is 0 Å². The number of hydrogen-bond acceptors (Lipinski definition) is 2. The van der Waals surface area contributed by atoms with Crippen LogP contribution in [0.1, 0.15) is 25.3 Å². The third-order valence-corrected chi connectivity index (χ3v) is 4.01. The van der Waals surface area contributed by atoms with Gasteiger partial charge in [-0.25, -0.2) is 0 Å². The molecular weight excluding hydrogens is 248 g/mol. The van der Waals surface area contributed by atoms with Gasteiger partial charge >= 0.3 is 0 Å². The summed E-state index contributed by atoms with van der Waals surface area (Å²) in [6, 6.07) is 8.86. The van der Waals surface area contributed by atoms with E-state index in [-0.39, 0.29) is 0 Å². The van der Waals surface area contributed by atoms with Crippen molar-refractivity contribution in [2.75, 3.05) is 32.1 Å². The number of nitrogens with zero attached hydrogens (tertiary/aromatic N) is 2. The summed E-state index contributed by atoms with van der Waals surface area (Å²) in [6.45, 7) is 5.52. The molecule has 0 saturated carbocycles. The summed E-state index contributed by atoms with van der Waals surface area (Å²) in [5.41, 5.74) is 2.62. The van der Waals surface area contributed by atoms with Gasteiger partial charge < -0.3 is 15.5 Å². The first-order valence-electron chi connectivity index (χ1n) is 7.45. The lowest BCUT2D eigenvalue weighted by atomic mass is 9.99. The SMILES string of the molecule is CN=C(NC)NCc1ccc(N2CCC(C)CC2)cc1. The normalized spacial score (nSPS) is 17.1. The molecule has 1 aromatic carbocycles. The van der Waals surface area contributed by atoms with Gasteiger partial charge in [-0.05, 0) is 36.5 Å². The zero-order chi connectivity index (χ0) is 14.4. The molecule has 2 rings (SSSR count). The highest BCUT2D eigenvalue weighted by molar-refractivity contribution is 5.79. The van der Waals surface area contributed by atoms with Gasteiger partial charge in [0.15, 0.2) is 5.96 Å². The highest BCUT2D eigenvalue weighted by Crippen LogP contribution is 2.23. The van der Waals surface area contributed by atoms with Crippen LogP contribution in [0.3, 0.4) is 0 Å². The maximum atomic E-state index is 4.11. The number of nitrogens with one attached hydrogen (secondary N) is 2. The molecule has 20 heavy (non-hydrogen) atoms. The first-order valence-corrected chi connectivity index (χ1v) is 7.45. The summed E-state index contributed by atoms with van der Waals surface area (Å²) in [4.78, 5) is 6.60. The lowest BCUT2D eigenvalue weighted by molar-refractivity contribution is 0.438. The Bertz CT molecular complexity index is 430. The van der Waals surface area contributed by atoms with Crippen LogP contribution >= 0.6 is 0 Å². The fourth-order valence-electron chi connectivity index (χ4n) is 2.56. The molecule has 0 atom stereocenters. The molecule has 2 N–H and O–H groups in total. The quantitative estimate of drug-likeness (QED) is 0.656. The van der Waals surface area contributed by atoms with Gasteiger partial charge in [0.2, 0.25) is 0 Å². The Hall–Kier alpha value is -1.71. The topological polar surface area (TPSA) is 39.7 Å². The van der Waals surface area contributed by atoms with Crippen molar-refractivity contribution in [2.24, 2.45) is 10.9 Å². The summed E-state index contributed by atoms with van der Waals surface area (Å²) in [5.74, 6) is 1.70. The fraction of sp³-hybridized carbons (Fsp3) is 0.562. The van der Waals surface area contributed by atoms with Crippen LogP contribution in [-0.4, -0.2) is 33.1 Å². The lowest BCUT2D eigenvalue weighted by Crippen LogP contribution is -2.34. The Kier molecular flexibility index (Phi) is 5.27. The highest BCUT2D eigenvalue weighted by Gasteiger charge is 2.15. The molecule has 0 bridgehead atoms. The molecule has 1 saturated heterocycles. The van der Waals surface area contributed by atoms with Crippen molar-refractivity contribution in [2.45, 2.75) is 26.3 Å². The van der Waals surface area contributed by atoms with Crippen LogP contribution in [0.5, 0.6) is 0 Å². The Morgan fingerprint density at radius 1 is 1.25 bits per heavy atom. The van der Waals surface area contributed by atoms with Crippen molar-refractivity contribution in [1.82, 2.24) is 10.6 Å². The summed E-state index contributed by atoms with van der Waals surface area (Å²) in [6.07, 6.45) is 2.61. The maximum absolute atomic E-state index is 4.11. The Balaban J connectivity index is 1.89. The van der Waals surface area contributed by atoms with Crippen molar-refractivity contribution in [1.29, 1.82) is 0 Å². The molecule has 0 radical (unpaired) electrons. The molecule has 0 aliphatic carbocycles. The van der Waals surface area contributed by atoms with Crippen molar-refractivity contribution in [3.63, 3.8) is 0 Å². The van der Waals surface area contributed by atoms with Gasteiger partial charge in [0.1, 0.15) is 0 Å². The van der Waals surface area contributed by atoms with Crippen LogP contribution in [0, 0.1) is 5.92 Å². The van der Waals surface area contributed by atoms with E-state index in [9.17, 15) is 0 Å². The molecule has 4 nitrogen and oxygen atoms in total. The minimum atomic E-state index is 0.796. The van der Waals surface area contributed by atoms with E-state index < -0.39 is 0 Å². The number of rotatable bonds is 3. The van der Waals surface area contributed by atoms with Gasteiger partial charge in [-0.15, -0.1) is 0 Å². The first kappa shape index (κ1) is 14.7. The van der Waals surface area contributed by atoms with E-state index in [1.165, 1.54) is 37.2 Å². The zero-order valence-corrected chi connectivity index (χ0v) is 12.8. The number of aliphatic imine (C=N–C) groups is 1. The summed E-state index contributed by atoms with van der Waals surface area (Å²) >= 11 is 0. The number of anilines is 1. The smallest absolute Gasteiger partial charge is 0.190 e. The van der Waals surface area contributed by atoms with Crippen LogP contribution in [-0.2, 0) is 6.54 Å². The van der Waals surface area contributed by atoms with Crippen molar-refractivity contribution >= 4 is 11.6 Å². The second-order valence-electron chi connectivity index (χ2n) is 5.51. The van der Waals surface area contributed by atoms with E-state index in [4.69, 9.17) is 0 Å². The fourth-order valence-corrected chi connectivity index (χ4v) is 2.56. The lowest BCUT2D eigenvalue weighted by Gasteiger charge is -2.32. The van der Waals surface area contributed by atoms with Gasteiger partial charge in [-0.1, -0.05) is 19.1 Å². The number of hydrogen-bond donors (Lipinski definition) is 2. The molecule has 1 heterocycles. The van der Waals surface area contributed by atoms with Crippen LogP contribution in [0.2, 0.25) is 0 Å². The minimum absolute atomic E-state index is 0.796. The monoisotopic (exact) mass is 274 g/mol. The van der Waals surface area contributed by atoms with E-state index in [2.05, 4.69) is 51.7 Å². The number of guanidine groups is 1. The van der Waals surface area contributed by atoms with Crippen LogP contribution < -0.4 is 15.5 Å². The van der Waals surface area contributed by atoms with Gasteiger partial charge in [-0.3, -0.25) is 4.99 Å². The highest BCUT2D eigenvalue weighted by atomic mass is 15.1. The molecule has 1 fully saturated rings. The largest absolute Gasteiger partial charge is 0.372 e. The molecule has 1 aliphatic rings. The predicted octanol–water partition coefficient (Wildman–Crippen LogP) is 2.22. The third kappa shape index (κ3) is 3.89. The Morgan fingerprint density at radius 2 is 1.90 bits per heavy atom. The van der Waals surface area contributed by atoms with E-state index >= 15 is 0 Å². The molecular formula is C16H26N4.